The predicted octanol–water partition coefficient (Wildman–Crippen LogP) is -0.0740. The van der Waals surface area contributed by atoms with E-state index in [1.54, 1.807) is 6.08 Å². The molecule has 6 fully saturated rings. The van der Waals surface area contributed by atoms with E-state index in [0.717, 1.165) is 78.1 Å². The molecule has 0 aliphatic carbocycles. The van der Waals surface area contributed by atoms with Gasteiger partial charge in [0.1, 0.15) is 134 Å². The molecule has 12 unspecified atom stereocenters. The lowest BCUT2D eigenvalue weighted by atomic mass is 9.88. The lowest BCUT2D eigenvalue weighted by molar-refractivity contribution is -0.399. The second-order valence-electron chi connectivity index (χ2n) is 33.8. The van der Waals surface area contributed by atoms with Crippen LogP contribution in [-0.2, 0) is 76.0 Å². The number of carboxylic acids is 1. The maximum atomic E-state index is 13.7. The van der Waals surface area contributed by atoms with Crippen LogP contribution in [0.3, 0.4) is 0 Å². The molecule has 33 atom stereocenters. The molecule has 0 aromatic carbocycles. The molecule has 123 heavy (non-hydrogen) atoms. The summed E-state index contributed by atoms with van der Waals surface area (Å²) in [6.45, 7) is 1.48. The molecule has 0 spiro atoms. The Hall–Kier alpha value is -3.84. The number of allylic oxidation sites excluding steroid dienone is 3. The quantitative estimate of drug-likeness (QED) is 0.0280. The number of aliphatic hydroxyl groups excluding tert-OH is 18. The number of aliphatic carboxylic acids is 1. The van der Waals surface area contributed by atoms with Gasteiger partial charge < -0.3 is 170 Å². The Kier molecular flexibility index (Phi) is 50.3. The minimum Gasteiger partial charge on any atom is -0.477 e. The molecule has 3 amide bonds. The number of rotatable bonds is 59. The Bertz CT molecular complexity index is 2980. The highest BCUT2D eigenvalue weighted by atomic mass is 16.8. The Morgan fingerprint density at radius 3 is 1.35 bits per heavy atom. The molecule has 6 aliphatic heterocycles. The average molecular weight is 1780 g/mol. The fourth-order valence-electron chi connectivity index (χ4n) is 16.5. The average Bonchev–Trinajstić information content (AvgIpc) is 0.751. The second kappa shape index (κ2) is 57.4. The van der Waals surface area contributed by atoms with Crippen molar-refractivity contribution < 1.29 is 173 Å². The van der Waals surface area contributed by atoms with Crippen molar-refractivity contribution in [3.63, 3.8) is 0 Å². The van der Waals surface area contributed by atoms with Crippen LogP contribution in [-0.4, -0.2) is 362 Å². The van der Waals surface area contributed by atoms with Crippen LogP contribution >= 0.6 is 0 Å². The van der Waals surface area contributed by atoms with Gasteiger partial charge in [-0.15, -0.1) is 0 Å². The van der Waals surface area contributed by atoms with Gasteiger partial charge in [0.15, 0.2) is 31.5 Å². The van der Waals surface area contributed by atoms with E-state index in [0.29, 0.717) is 12.8 Å². The largest absolute Gasteiger partial charge is 0.477 e. The monoisotopic (exact) mass is 1770 g/mol. The van der Waals surface area contributed by atoms with Crippen molar-refractivity contribution in [3.05, 3.63) is 24.3 Å². The number of amides is 3. The Labute approximate surface area is 722 Å². The number of aliphatic hydroxyl groups is 18. The first-order valence-electron chi connectivity index (χ1n) is 45.1. The smallest absolute Gasteiger partial charge is 0.364 e. The van der Waals surface area contributed by atoms with E-state index in [-0.39, 0.29) is 12.3 Å². The standard InChI is InChI=1S/C85H151N3O35/c1-6-8-10-12-14-16-18-20-21-22-23-24-25-26-27-29-31-33-35-37-39-41-60(99)88-52(53(96)40-38-36-34-32-30-28-19-17-15-13-11-9-7-2)48-112-80-70(107)68(105)73(58(46-92)117-80)118-82-71(108)77(65(102)56(44-90)114-82)121-79-62(87-51(5)95)76(74(59(47-93)116-79)119-81-69(106)67(104)63(100)49(3)113-81)120-83-72(109)78(66(103)57(45-91)115-83)123-85(84(110)111)42-54(97)61(86-50(4)94)75(122-85)64(101)55(98)43-89/h20-21,38,40,49,52-59,61-83,89-93,96-98,100-109H,6-19,22-37,39,41-48H2,1-5H3,(H,86,94)(H,87,95)(H,88,99)(H,110,111)/b21-20-,40-38+/t49?,52-,53+,54?,55+,56?,57?,58?,59?,61+,62?,63+,64+,65-,66-,67?,68+,69-,70?,71?,72?,73+,74+,75?,76+,77-,78-,79-,80+,81+,82-,83-,85-/m0/s1. The third-order valence-electron chi connectivity index (χ3n) is 23.8. The van der Waals surface area contributed by atoms with Crippen molar-refractivity contribution >= 4 is 23.7 Å². The highest BCUT2D eigenvalue weighted by Crippen LogP contribution is 2.41. The van der Waals surface area contributed by atoms with E-state index in [1.807, 2.05) is 6.08 Å². The first-order valence-corrected chi connectivity index (χ1v) is 45.1. The molecule has 38 heteroatoms. The van der Waals surface area contributed by atoms with Crippen LogP contribution in [0.4, 0.5) is 0 Å². The molecule has 6 rings (SSSR count). The summed E-state index contributed by atoms with van der Waals surface area (Å²) >= 11 is 0. The summed E-state index contributed by atoms with van der Waals surface area (Å²) in [7, 11) is 0. The van der Waals surface area contributed by atoms with Crippen LogP contribution in [0.1, 0.15) is 247 Å². The number of carbonyl (C=O) groups excluding carboxylic acids is 3. The first kappa shape index (κ1) is 108. The molecule has 6 aliphatic rings. The molecule has 22 N–H and O–H groups in total. The molecule has 6 heterocycles. The van der Waals surface area contributed by atoms with Crippen molar-refractivity contribution in [2.45, 2.75) is 448 Å². The Balaban J connectivity index is 1.17. The molecule has 0 radical (unpaired) electrons. The number of unbranched alkanes of at least 4 members (excludes halogenated alkanes) is 28. The summed E-state index contributed by atoms with van der Waals surface area (Å²) < 4.78 is 72.3. The normalized spacial score (nSPS) is 35.5. The summed E-state index contributed by atoms with van der Waals surface area (Å²) in [6.07, 6.45) is -17.2. The third-order valence-corrected chi connectivity index (χ3v) is 23.8. The number of nitrogens with one attached hydrogen (secondary N) is 3. The van der Waals surface area contributed by atoms with Gasteiger partial charge in [0.25, 0.3) is 5.79 Å². The number of carboxylic acid groups (broad SMARTS) is 1. The van der Waals surface area contributed by atoms with Crippen molar-refractivity contribution in [1.82, 2.24) is 16.0 Å². The first-order chi connectivity index (χ1) is 59.0. The zero-order chi connectivity index (χ0) is 90.3. The highest BCUT2D eigenvalue weighted by Gasteiger charge is 2.62. The topological polar surface area (TPSA) is 600 Å². The van der Waals surface area contributed by atoms with Crippen molar-refractivity contribution in [3.8, 4) is 0 Å². The fraction of sp³-hybridized carbons (Fsp3) is 0.906. The second-order valence-corrected chi connectivity index (χ2v) is 33.8. The van der Waals surface area contributed by atoms with E-state index in [2.05, 4.69) is 41.9 Å². The van der Waals surface area contributed by atoms with Gasteiger partial charge >= 0.3 is 5.97 Å². The van der Waals surface area contributed by atoms with Crippen LogP contribution in [0, 0.1) is 0 Å². The van der Waals surface area contributed by atoms with Gasteiger partial charge in [0.05, 0.1) is 70.0 Å². The molecule has 0 aromatic rings. The zero-order valence-corrected chi connectivity index (χ0v) is 72.4. The molecule has 38 nitrogen and oxygen atoms in total. The van der Waals surface area contributed by atoms with Gasteiger partial charge in [-0.3, -0.25) is 14.4 Å². The van der Waals surface area contributed by atoms with E-state index < -0.39 is 266 Å². The van der Waals surface area contributed by atoms with E-state index in [4.69, 9.17) is 56.8 Å². The van der Waals surface area contributed by atoms with Gasteiger partial charge in [-0.05, 0) is 51.9 Å². The van der Waals surface area contributed by atoms with Gasteiger partial charge in [0, 0.05) is 26.7 Å². The molecular weight excluding hydrogens is 1620 g/mol. The summed E-state index contributed by atoms with van der Waals surface area (Å²) in [4.78, 5) is 53.0. The van der Waals surface area contributed by atoms with Crippen LogP contribution in [0.5, 0.6) is 0 Å². The van der Waals surface area contributed by atoms with E-state index in [9.17, 15) is 116 Å². The van der Waals surface area contributed by atoms with Crippen molar-refractivity contribution in [2.75, 3.05) is 39.6 Å². The number of hydrogen-bond donors (Lipinski definition) is 22. The van der Waals surface area contributed by atoms with Crippen molar-refractivity contribution in [2.24, 2.45) is 0 Å². The lowest BCUT2D eigenvalue weighted by Crippen LogP contribution is -2.72. The van der Waals surface area contributed by atoms with Crippen LogP contribution in [0.25, 0.3) is 0 Å². The minimum atomic E-state index is -3.30. The Morgan fingerprint density at radius 2 is 0.854 bits per heavy atom. The zero-order valence-electron chi connectivity index (χ0n) is 72.4. The fourth-order valence-corrected chi connectivity index (χ4v) is 16.5. The SMILES string of the molecule is CCCCCCCC/C=C\CCCCCCCCCCCCCC(=O)N[C@@H](CO[C@@H]1OC(CO)[C@@H](O[C@@H]2OC(CO)[C@H](O)[C@H](O[C@@H]3OC(CO)[C@@H](O[C@H]4OC(C)[C@@H](O)C(O)[C@@H]4O)[C@H](O[C@@H]4OC(CO)[C@H](O)[C@H](O[C@]5(C(=O)O)CC(O)[C@@H](NC(C)=O)C([C@H](O)[C@H](O)CO)O5)C4O)C3NC(C)=O)C2O)[C@H](O)C1O)[C@H](O)/C=C/CCCCCCCCCCCCC. The molecule has 0 saturated carbocycles. The van der Waals surface area contributed by atoms with Gasteiger partial charge in [-0.2, -0.15) is 0 Å². The minimum absolute atomic E-state index is 0.144. The van der Waals surface area contributed by atoms with Crippen LogP contribution in [0.15, 0.2) is 24.3 Å². The molecule has 0 bridgehead atoms. The van der Waals surface area contributed by atoms with Crippen LogP contribution < -0.4 is 16.0 Å². The van der Waals surface area contributed by atoms with Gasteiger partial charge in [-0.1, -0.05) is 192 Å². The molecule has 6 saturated heterocycles. The number of ether oxygens (including phenoxy) is 12. The summed E-state index contributed by atoms with van der Waals surface area (Å²) in [6, 6.07) is -4.88. The summed E-state index contributed by atoms with van der Waals surface area (Å²) in [5, 5.41) is 221. The number of carbonyl (C=O) groups is 4. The Morgan fingerprint density at radius 1 is 0.439 bits per heavy atom. The van der Waals surface area contributed by atoms with E-state index >= 15 is 0 Å². The van der Waals surface area contributed by atoms with Gasteiger partial charge in [0.2, 0.25) is 17.7 Å². The lowest BCUT2D eigenvalue weighted by Gasteiger charge is -2.52. The van der Waals surface area contributed by atoms with E-state index in [1.165, 1.54) is 129 Å². The number of hydrogen-bond acceptors (Lipinski definition) is 34. The molecular formula is C85H151N3O35. The highest BCUT2D eigenvalue weighted by molar-refractivity contribution is 5.77. The maximum absolute atomic E-state index is 13.7. The molecule has 716 valence electrons. The van der Waals surface area contributed by atoms with Gasteiger partial charge in [-0.25, -0.2) is 4.79 Å². The third kappa shape index (κ3) is 33.5. The molecule has 0 aromatic heterocycles. The van der Waals surface area contributed by atoms with Crippen molar-refractivity contribution in [1.29, 1.82) is 0 Å². The maximum Gasteiger partial charge on any atom is 0.364 e. The van der Waals surface area contributed by atoms with Crippen LogP contribution in [0.2, 0.25) is 0 Å². The summed E-state index contributed by atoms with van der Waals surface area (Å²) in [5.41, 5.74) is 0. The summed E-state index contributed by atoms with van der Waals surface area (Å²) in [5.74, 6) is -7.64. The predicted molar refractivity (Wildman–Crippen MR) is 437 cm³/mol.